The minimum absolute atomic E-state index is 0.344. The minimum atomic E-state index is 0.344. The number of hydrogen-bond acceptors (Lipinski definition) is 5. The van der Waals surface area contributed by atoms with E-state index < -0.39 is 0 Å². The SMILES string of the molecule is CCCOc1nc(C2CCCCC2)nc(N)c1N. The van der Waals surface area contributed by atoms with Crippen LogP contribution in [-0.2, 0) is 0 Å². The van der Waals surface area contributed by atoms with Crippen LogP contribution in [0.5, 0.6) is 5.88 Å². The van der Waals surface area contributed by atoms with Gasteiger partial charge in [-0.15, -0.1) is 0 Å². The van der Waals surface area contributed by atoms with Crippen molar-refractivity contribution in [3.8, 4) is 5.88 Å². The van der Waals surface area contributed by atoms with Gasteiger partial charge in [0, 0.05) is 5.92 Å². The van der Waals surface area contributed by atoms with Gasteiger partial charge in [0.2, 0.25) is 5.88 Å². The van der Waals surface area contributed by atoms with Gasteiger partial charge >= 0.3 is 0 Å². The van der Waals surface area contributed by atoms with Gasteiger partial charge in [-0.2, -0.15) is 4.98 Å². The second-order valence-electron chi connectivity index (χ2n) is 4.87. The highest BCUT2D eigenvalue weighted by Crippen LogP contribution is 2.34. The van der Waals surface area contributed by atoms with Crippen molar-refractivity contribution in [2.45, 2.75) is 51.4 Å². The third-order valence-electron chi connectivity index (χ3n) is 3.37. The summed E-state index contributed by atoms with van der Waals surface area (Å²) >= 11 is 0. The van der Waals surface area contributed by atoms with E-state index in [4.69, 9.17) is 16.2 Å². The number of rotatable bonds is 4. The maximum absolute atomic E-state index is 5.85. The van der Waals surface area contributed by atoms with E-state index in [9.17, 15) is 0 Å². The van der Waals surface area contributed by atoms with E-state index in [0.29, 0.717) is 29.9 Å². The molecule has 0 radical (unpaired) electrons. The summed E-state index contributed by atoms with van der Waals surface area (Å²) in [5, 5.41) is 0. The van der Waals surface area contributed by atoms with Gasteiger partial charge in [0.1, 0.15) is 11.5 Å². The minimum Gasteiger partial charge on any atom is -0.476 e. The van der Waals surface area contributed by atoms with Crippen LogP contribution in [0.4, 0.5) is 11.5 Å². The molecule has 0 unspecified atom stereocenters. The van der Waals surface area contributed by atoms with Gasteiger partial charge in [-0.25, -0.2) is 4.98 Å². The Bertz CT molecular complexity index is 402. The monoisotopic (exact) mass is 250 g/mol. The number of nitrogens with zero attached hydrogens (tertiary/aromatic N) is 2. The van der Waals surface area contributed by atoms with Crippen LogP contribution in [0.15, 0.2) is 0 Å². The Morgan fingerprint density at radius 1 is 1.17 bits per heavy atom. The summed E-state index contributed by atoms with van der Waals surface area (Å²) in [6.07, 6.45) is 6.97. The topological polar surface area (TPSA) is 87.0 Å². The lowest BCUT2D eigenvalue weighted by Crippen LogP contribution is -2.13. The lowest BCUT2D eigenvalue weighted by molar-refractivity contribution is 0.303. The molecular weight excluding hydrogens is 228 g/mol. The van der Waals surface area contributed by atoms with E-state index in [-0.39, 0.29) is 0 Å². The second-order valence-corrected chi connectivity index (χ2v) is 4.87. The summed E-state index contributed by atoms with van der Waals surface area (Å²) in [7, 11) is 0. The Morgan fingerprint density at radius 2 is 1.89 bits per heavy atom. The van der Waals surface area contributed by atoms with Gasteiger partial charge in [0.05, 0.1) is 6.61 Å². The van der Waals surface area contributed by atoms with Gasteiger partial charge in [-0.05, 0) is 19.3 Å². The summed E-state index contributed by atoms with van der Waals surface area (Å²) in [5.74, 6) is 2.00. The molecule has 0 saturated heterocycles. The third-order valence-corrected chi connectivity index (χ3v) is 3.37. The fraction of sp³-hybridized carbons (Fsp3) is 0.692. The van der Waals surface area contributed by atoms with Crippen molar-refractivity contribution in [1.29, 1.82) is 0 Å². The Labute approximate surface area is 108 Å². The highest BCUT2D eigenvalue weighted by atomic mass is 16.5. The zero-order valence-electron chi connectivity index (χ0n) is 11.0. The van der Waals surface area contributed by atoms with Crippen LogP contribution in [0.3, 0.4) is 0 Å². The van der Waals surface area contributed by atoms with E-state index in [1.54, 1.807) is 0 Å². The average molecular weight is 250 g/mol. The molecule has 0 bridgehead atoms. The standard InChI is InChI=1S/C13H22N4O/c1-2-8-18-13-10(14)11(15)16-12(17-13)9-6-4-3-5-7-9/h9H,2-8,14H2,1H3,(H2,15,16,17). The summed E-state index contributed by atoms with van der Waals surface area (Å²) in [4.78, 5) is 8.78. The molecule has 18 heavy (non-hydrogen) atoms. The smallest absolute Gasteiger partial charge is 0.242 e. The number of nitrogen functional groups attached to an aromatic ring is 2. The summed E-state index contributed by atoms with van der Waals surface area (Å²) in [5.41, 5.74) is 12.1. The molecule has 1 aromatic heterocycles. The van der Waals surface area contributed by atoms with E-state index in [1.807, 2.05) is 6.92 Å². The van der Waals surface area contributed by atoms with Crippen LogP contribution in [0.1, 0.15) is 57.2 Å². The fourth-order valence-electron chi connectivity index (χ4n) is 2.33. The van der Waals surface area contributed by atoms with Crippen molar-refractivity contribution >= 4 is 11.5 Å². The molecule has 0 atom stereocenters. The molecule has 1 aromatic rings. The average Bonchev–Trinajstić information content (AvgIpc) is 2.41. The van der Waals surface area contributed by atoms with Crippen LogP contribution in [-0.4, -0.2) is 16.6 Å². The number of nitrogens with two attached hydrogens (primary N) is 2. The van der Waals surface area contributed by atoms with Crippen molar-refractivity contribution in [2.24, 2.45) is 0 Å². The quantitative estimate of drug-likeness (QED) is 0.857. The zero-order valence-corrected chi connectivity index (χ0v) is 11.0. The van der Waals surface area contributed by atoms with Gasteiger partial charge in [0.25, 0.3) is 0 Å². The molecule has 0 aliphatic heterocycles. The maximum atomic E-state index is 5.85. The van der Waals surface area contributed by atoms with Crippen LogP contribution >= 0.6 is 0 Å². The summed E-state index contributed by atoms with van der Waals surface area (Å²) in [6, 6.07) is 0. The third kappa shape index (κ3) is 2.83. The first kappa shape index (κ1) is 12.9. The molecule has 100 valence electrons. The van der Waals surface area contributed by atoms with Gasteiger partial charge in [-0.3, -0.25) is 0 Å². The molecule has 0 amide bonds. The molecule has 1 aliphatic rings. The van der Waals surface area contributed by atoms with E-state index in [0.717, 1.165) is 25.1 Å². The molecule has 1 aliphatic carbocycles. The molecule has 5 nitrogen and oxygen atoms in total. The highest BCUT2D eigenvalue weighted by Gasteiger charge is 2.21. The molecular formula is C13H22N4O. The maximum Gasteiger partial charge on any atom is 0.242 e. The van der Waals surface area contributed by atoms with Gasteiger partial charge in [-0.1, -0.05) is 26.2 Å². The van der Waals surface area contributed by atoms with E-state index in [2.05, 4.69) is 9.97 Å². The summed E-state index contributed by atoms with van der Waals surface area (Å²) in [6.45, 7) is 2.65. The summed E-state index contributed by atoms with van der Waals surface area (Å²) < 4.78 is 5.54. The largest absolute Gasteiger partial charge is 0.476 e. The van der Waals surface area contributed by atoms with Crippen molar-refractivity contribution in [3.63, 3.8) is 0 Å². The molecule has 0 aromatic carbocycles. The van der Waals surface area contributed by atoms with Crippen molar-refractivity contribution in [1.82, 2.24) is 9.97 Å². The van der Waals surface area contributed by atoms with Gasteiger partial charge in [0.15, 0.2) is 5.82 Å². The Kier molecular flexibility index (Phi) is 4.23. The lowest BCUT2D eigenvalue weighted by Gasteiger charge is -2.21. The first-order chi connectivity index (χ1) is 8.72. The molecule has 1 saturated carbocycles. The van der Waals surface area contributed by atoms with Crippen LogP contribution in [0.25, 0.3) is 0 Å². The van der Waals surface area contributed by atoms with Crippen molar-refractivity contribution in [3.05, 3.63) is 5.82 Å². The zero-order chi connectivity index (χ0) is 13.0. The normalized spacial score (nSPS) is 16.7. The van der Waals surface area contributed by atoms with Crippen molar-refractivity contribution < 1.29 is 4.74 Å². The first-order valence-electron chi connectivity index (χ1n) is 6.78. The predicted molar refractivity (Wildman–Crippen MR) is 72.5 cm³/mol. The molecule has 1 heterocycles. The molecule has 1 fully saturated rings. The van der Waals surface area contributed by atoms with Gasteiger partial charge < -0.3 is 16.2 Å². The fourth-order valence-corrected chi connectivity index (χ4v) is 2.33. The van der Waals surface area contributed by atoms with E-state index in [1.165, 1.54) is 19.3 Å². The lowest BCUT2D eigenvalue weighted by atomic mass is 9.89. The van der Waals surface area contributed by atoms with Crippen LogP contribution in [0, 0.1) is 0 Å². The molecule has 4 N–H and O–H groups in total. The predicted octanol–water partition coefficient (Wildman–Crippen LogP) is 2.48. The first-order valence-corrected chi connectivity index (χ1v) is 6.78. The Hall–Kier alpha value is -1.52. The molecule has 5 heteroatoms. The highest BCUT2D eigenvalue weighted by molar-refractivity contribution is 5.64. The Balaban J connectivity index is 2.22. The number of ether oxygens (including phenoxy) is 1. The number of anilines is 2. The molecule has 2 rings (SSSR count). The second kappa shape index (κ2) is 5.89. The van der Waals surface area contributed by atoms with E-state index >= 15 is 0 Å². The molecule has 0 spiro atoms. The van der Waals surface area contributed by atoms with Crippen LogP contribution in [0.2, 0.25) is 0 Å². The number of hydrogen-bond donors (Lipinski definition) is 2. The Morgan fingerprint density at radius 3 is 2.56 bits per heavy atom. The van der Waals surface area contributed by atoms with Crippen LogP contribution < -0.4 is 16.2 Å². The van der Waals surface area contributed by atoms with Crippen molar-refractivity contribution in [2.75, 3.05) is 18.1 Å². The number of aromatic nitrogens is 2.